The SMILES string of the molecule is Cc1c(-c2cc(C3CCCCC3)cc[n+]2C)c2oc3ccccc3c2c2ccccc12. The van der Waals surface area contributed by atoms with Crippen molar-refractivity contribution >= 4 is 32.7 Å². The zero-order valence-electron chi connectivity index (χ0n) is 18.3. The number of hydrogen-bond donors (Lipinski definition) is 0. The van der Waals surface area contributed by atoms with E-state index < -0.39 is 0 Å². The van der Waals surface area contributed by atoms with Gasteiger partial charge in [-0.3, -0.25) is 0 Å². The Morgan fingerprint density at radius 2 is 1.55 bits per heavy atom. The molecule has 0 atom stereocenters. The first kappa shape index (κ1) is 18.6. The van der Waals surface area contributed by atoms with Crippen molar-refractivity contribution in [3.05, 3.63) is 78.0 Å². The first-order valence-electron chi connectivity index (χ1n) is 11.5. The minimum atomic E-state index is 0.681. The summed E-state index contributed by atoms with van der Waals surface area (Å²) >= 11 is 0. The van der Waals surface area contributed by atoms with Gasteiger partial charge in [-0.1, -0.05) is 61.7 Å². The van der Waals surface area contributed by atoms with E-state index in [-0.39, 0.29) is 0 Å². The summed E-state index contributed by atoms with van der Waals surface area (Å²) in [5, 5.41) is 5.00. The van der Waals surface area contributed by atoms with E-state index in [9.17, 15) is 0 Å². The Kier molecular flexibility index (Phi) is 4.34. The van der Waals surface area contributed by atoms with Crippen LogP contribution in [-0.4, -0.2) is 0 Å². The predicted molar refractivity (Wildman–Crippen MR) is 128 cm³/mol. The van der Waals surface area contributed by atoms with Crippen LogP contribution in [0.25, 0.3) is 44.0 Å². The molecular formula is C29H28NO+. The van der Waals surface area contributed by atoms with Gasteiger partial charge in [-0.2, -0.15) is 0 Å². The Hall–Kier alpha value is -3.13. The standard InChI is InChI=1S/C29H28NO/c1-19-22-12-6-7-13-23(22)28-24-14-8-9-15-26(24)31-29(28)27(19)25-18-21(16-17-30(25)2)20-10-4-3-5-11-20/h6-9,12-18,20H,3-5,10-11H2,1-2H3/q+1. The molecule has 1 saturated carbocycles. The Bertz CT molecular complexity index is 1440. The van der Waals surface area contributed by atoms with Gasteiger partial charge >= 0.3 is 0 Å². The Balaban J connectivity index is 1.70. The summed E-state index contributed by atoms with van der Waals surface area (Å²) < 4.78 is 8.81. The average Bonchev–Trinajstić information content (AvgIpc) is 3.20. The minimum Gasteiger partial charge on any atom is -0.455 e. The normalized spacial score (nSPS) is 15.3. The molecule has 154 valence electrons. The molecule has 5 aromatic rings. The quantitative estimate of drug-likeness (QED) is 0.276. The molecule has 2 heteroatoms. The molecule has 0 spiro atoms. The first-order chi connectivity index (χ1) is 15.2. The summed E-state index contributed by atoms with van der Waals surface area (Å²) in [6.45, 7) is 2.25. The van der Waals surface area contributed by atoms with E-state index in [1.807, 2.05) is 0 Å². The Morgan fingerprint density at radius 3 is 2.35 bits per heavy atom. The van der Waals surface area contributed by atoms with Crippen LogP contribution in [-0.2, 0) is 7.05 Å². The molecule has 6 rings (SSSR count). The monoisotopic (exact) mass is 406 g/mol. The van der Waals surface area contributed by atoms with E-state index in [2.05, 4.69) is 85.4 Å². The second kappa shape index (κ2) is 7.23. The van der Waals surface area contributed by atoms with Gasteiger partial charge in [-0.15, -0.1) is 0 Å². The van der Waals surface area contributed by atoms with Gasteiger partial charge in [0.15, 0.2) is 6.20 Å². The molecule has 0 N–H and O–H groups in total. The Labute approximate surface area is 183 Å². The summed E-state index contributed by atoms with van der Waals surface area (Å²) in [6, 6.07) is 21.9. The van der Waals surface area contributed by atoms with Crippen LogP contribution >= 0.6 is 0 Å². The minimum absolute atomic E-state index is 0.681. The molecule has 1 aliphatic carbocycles. The average molecular weight is 407 g/mol. The van der Waals surface area contributed by atoms with Crippen molar-refractivity contribution in [2.75, 3.05) is 0 Å². The van der Waals surface area contributed by atoms with Crippen LogP contribution in [0, 0.1) is 6.92 Å². The number of nitrogens with zero attached hydrogens (tertiary/aromatic N) is 1. The van der Waals surface area contributed by atoms with E-state index in [0.29, 0.717) is 5.92 Å². The maximum Gasteiger partial charge on any atom is 0.216 e. The fraction of sp³-hybridized carbons (Fsp3) is 0.276. The molecule has 3 aromatic carbocycles. The highest BCUT2D eigenvalue weighted by atomic mass is 16.3. The van der Waals surface area contributed by atoms with Crippen molar-refractivity contribution in [2.45, 2.75) is 44.9 Å². The van der Waals surface area contributed by atoms with Gasteiger partial charge < -0.3 is 4.42 Å². The van der Waals surface area contributed by atoms with Crippen molar-refractivity contribution in [1.29, 1.82) is 0 Å². The molecule has 1 fully saturated rings. The van der Waals surface area contributed by atoms with Crippen molar-refractivity contribution in [1.82, 2.24) is 0 Å². The van der Waals surface area contributed by atoms with Gasteiger partial charge in [-0.05, 0) is 53.6 Å². The maximum absolute atomic E-state index is 6.55. The topological polar surface area (TPSA) is 17.0 Å². The maximum atomic E-state index is 6.55. The smallest absolute Gasteiger partial charge is 0.216 e. The molecule has 0 saturated heterocycles. The van der Waals surface area contributed by atoms with Crippen molar-refractivity contribution in [3.8, 4) is 11.3 Å². The lowest BCUT2D eigenvalue weighted by Crippen LogP contribution is -2.31. The van der Waals surface area contributed by atoms with E-state index in [1.165, 1.54) is 76.0 Å². The second-order valence-corrected chi connectivity index (χ2v) is 9.14. The number of hydrogen-bond acceptors (Lipinski definition) is 1. The fourth-order valence-electron chi connectivity index (χ4n) is 5.65. The van der Waals surface area contributed by atoms with Gasteiger partial charge in [0.05, 0.1) is 5.56 Å². The number of aryl methyl sites for hydroxylation is 2. The lowest BCUT2D eigenvalue weighted by molar-refractivity contribution is -0.660. The molecule has 2 aromatic heterocycles. The van der Waals surface area contributed by atoms with Gasteiger partial charge in [0.25, 0.3) is 0 Å². The molecule has 0 bridgehead atoms. The van der Waals surface area contributed by atoms with Crippen molar-refractivity contribution in [3.63, 3.8) is 0 Å². The highest BCUT2D eigenvalue weighted by molar-refractivity contribution is 6.23. The molecule has 0 unspecified atom stereocenters. The fourth-order valence-corrected chi connectivity index (χ4v) is 5.65. The number of fused-ring (bicyclic) bond motifs is 5. The van der Waals surface area contributed by atoms with Crippen molar-refractivity contribution < 1.29 is 8.98 Å². The lowest BCUT2D eigenvalue weighted by Gasteiger charge is -2.22. The molecule has 0 radical (unpaired) electrons. The molecule has 1 aliphatic rings. The molecule has 0 aliphatic heterocycles. The van der Waals surface area contributed by atoms with Crippen LogP contribution < -0.4 is 4.57 Å². The Morgan fingerprint density at radius 1 is 0.839 bits per heavy atom. The zero-order chi connectivity index (χ0) is 20.9. The van der Waals surface area contributed by atoms with E-state index in [0.717, 1.165) is 11.2 Å². The van der Waals surface area contributed by atoms with Crippen LogP contribution in [0.2, 0.25) is 0 Å². The number of furan rings is 1. The summed E-state index contributed by atoms with van der Waals surface area (Å²) in [4.78, 5) is 0. The van der Waals surface area contributed by atoms with Crippen molar-refractivity contribution in [2.24, 2.45) is 7.05 Å². The number of para-hydroxylation sites is 1. The van der Waals surface area contributed by atoms with Crippen LogP contribution in [0.15, 0.2) is 71.3 Å². The second-order valence-electron chi connectivity index (χ2n) is 9.14. The summed E-state index contributed by atoms with van der Waals surface area (Å²) in [7, 11) is 2.16. The van der Waals surface area contributed by atoms with Gasteiger partial charge in [-0.25, -0.2) is 4.57 Å². The highest BCUT2D eigenvalue weighted by Crippen LogP contribution is 2.43. The predicted octanol–water partition coefficient (Wildman–Crippen LogP) is 7.59. The van der Waals surface area contributed by atoms with Crippen LogP contribution in [0.1, 0.15) is 49.1 Å². The van der Waals surface area contributed by atoms with E-state index in [4.69, 9.17) is 4.42 Å². The first-order valence-corrected chi connectivity index (χ1v) is 11.5. The van der Waals surface area contributed by atoms with Crippen LogP contribution in [0.4, 0.5) is 0 Å². The van der Waals surface area contributed by atoms with Crippen LogP contribution in [0.3, 0.4) is 0 Å². The molecule has 31 heavy (non-hydrogen) atoms. The molecule has 2 nitrogen and oxygen atoms in total. The molecule has 2 heterocycles. The zero-order valence-corrected chi connectivity index (χ0v) is 18.3. The van der Waals surface area contributed by atoms with Gasteiger partial charge in [0.1, 0.15) is 18.2 Å². The third-order valence-corrected chi connectivity index (χ3v) is 7.30. The summed E-state index contributed by atoms with van der Waals surface area (Å²) in [5.74, 6) is 0.681. The lowest BCUT2D eigenvalue weighted by atomic mass is 9.83. The molecule has 0 amide bonds. The largest absolute Gasteiger partial charge is 0.455 e. The highest BCUT2D eigenvalue weighted by Gasteiger charge is 2.25. The van der Waals surface area contributed by atoms with Gasteiger partial charge in [0.2, 0.25) is 5.69 Å². The number of benzene rings is 3. The molecular weight excluding hydrogens is 378 g/mol. The summed E-state index contributed by atoms with van der Waals surface area (Å²) in [6.07, 6.45) is 8.94. The van der Waals surface area contributed by atoms with Gasteiger partial charge in [0, 0.05) is 22.9 Å². The number of pyridine rings is 1. The van der Waals surface area contributed by atoms with E-state index >= 15 is 0 Å². The third-order valence-electron chi connectivity index (χ3n) is 7.30. The van der Waals surface area contributed by atoms with E-state index in [1.54, 1.807) is 0 Å². The third kappa shape index (κ3) is 2.89. The number of aromatic nitrogens is 1. The summed E-state index contributed by atoms with van der Waals surface area (Å²) in [5.41, 5.74) is 7.21. The van der Waals surface area contributed by atoms with Crippen LogP contribution in [0.5, 0.6) is 0 Å². The number of rotatable bonds is 2.